The van der Waals surface area contributed by atoms with Crippen LogP contribution < -0.4 is 38.9 Å². The van der Waals surface area contributed by atoms with Crippen molar-refractivity contribution in [2.24, 2.45) is 27.9 Å². The number of hydrogen-bond acceptors (Lipinski definition) is 9. The highest BCUT2D eigenvalue weighted by molar-refractivity contribution is 5.94. The molecule has 0 aliphatic carbocycles. The van der Waals surface area contributed by atoms with E-state index in [0.29, 0.717) is 24.9 Å². The summed E-state index contributed by atoms with van der Waals surface area (Å²) in [5.41, 5.74) is 22.5. The monoisotopic (exact) mass is 594 g/mol. The Morgan fingerprint density at radius 1 is 0.786 bits per heavy atom. The van der Waals surface area contributed by atoms with Crippen LogP contribution in [0.5, 0.6) is 5.75 Å². The molecule has 4 unspecified atom stereocenters. The molecule has 42 heavy (non-hydrogen) atoms. The van der Waals surface area contributed by atoms with Gasteiger partial charge in [0.2, 0.25) is 17.7 Å². The lowest BCUT2D eigenvalue weighted by molar-refractivity contribution is -0.142. The molecule has 0 aromatic heterocycles. The van der Waals surface area contributed by atoms with Gasteiger partial charge in [0, 0.05) is 19.4 Å². The second kappa shape index (κ2) is 18.8. The predicted octanol–water partition coefficient (Wildman–Crippen LogP) is -2.15. The zero-order chi connectivity index (χ0) is 31.7. The summed E-state index contributed by atoms with van der Waals surface area (Å²) >= 11 is 0. The largest absolute Gasteiger partial charge is 0.508 e. The number of carboxylic acids is 2. The van der Waals surface area contributed by atoms with Gasteiger partial charge in [0.25, 0.3) is 0 Å². The normalized spacial score (nSPS) is 13.6. The summed E-state index contributed by atoms with van der Waals surface area (Å²) in [5.74, 6) is -4.90. The van der Waals surface area contributed by atoms with E-state index in [4.69, 9.17) is 28.0 Å². The van der Waals surface area contributed by atoms with Crippen LogP contribution in [0.1, 0.15) is 50.5 Å². The number of carboxylic acid groups (broad SMARTS) is 2. The number of nitrogens with one attached hydrogen (secondary N) is 3. The fourth-order valence-corrected chi connectivity index (χ4v) is 3.83. The second-order valence-corrected chi connectivity index (χ2v) is 9.66. The third-order valence-electron chi connectivity index (χ3n) is 6.15. The maximum Gasteiger partial charge on any atom is 0.326 e. The van der Waals surface area contributed by atoms with Crippen molar-refractivity contribution in [3.8, 4) is 5.75 Å². The third kappa shape index (κ3) is 14.3. The number of aliphatic imine (C=N–C) groups is 1. The van der Waals surface area contributed by atoms with E-state index in [1.54, 1.807) is 0 Å². The van der Waals surface area contributed by atoms with E-state index in [9.17, 15) is 34.2 Å². The molecular weight excluding hydrogens is 552 g/mol. The average Bonchev–Trinajstić information content (AvgIpc) is 2.93. The Kier molecular flexibility index (Phi) is 15.9. The molecule has 14 N–H and O–H groups in total. The maximum atomic E-state index is 13.4. The number of phenols is 1. The van der Waals surface area contributed by atoms with Gasteiger partial charge in [-0.25, -0.2) is 4.79 Å². The van der Waals surface area contributed by atoms with E-state index in [1.165, 1.54) is 24.3 Å². The number of carbonyl (C=O) groups excluding carboxylic acids is 3. The van der Waals surface area contributed by atoms with Crippen LogP contribution in [0.25, 0.3) is 0 Å². The Morgan fingerprint density at radius 2 is 1.36 bits per heavy atom. The van der Waals surface area contributed by atoms with Crippen molar-refractivity contribution in [3.05, 3.63) is 29.8 Å². The molecule has 16 nitrogen and oxygen atoms in total. The summed E-state index contributed by atoms with van der Waals surface area (Å²) in [6, 6.07) is 0.935. The van der Waals surface area contributed by atoms with Crippen LogP contribution in [0.15, 0.2) is 29.3 Å². The summed E-state index contributed by atoms with van der Waals surface area (Å²) in [6.45, 7) is 0.490. The molecule has 0 aliphatic heterocycles. The highest BCUT2D eigenvalue weighted by atomic mass is 16.4. The van der Waals surface area contributed by atoms with Gasteiger partial charge < -0.3 is 54.2 Å². The first-order valence-electron chi connectivity index (χ1n) is 13.5. The Morgan fingerprint density at radius 3 is 1.93 bits per heavy atom. The van der Waals surface area contributed by atoms with Crippen molar-refractivity contribution >= 4 is 35.6 Å². The fourth-order valence-electron chi connectivity index (χ4n) is 3.83. The zero-order valence-corrected chi connectivity index (χ0v) is 23.3. The van der Waals surface area contributed by atoms with Crippen molar-refractivity contribution in [1.29, 1.82) is 0 Å². The number of guanidine groups is 1. The van der Waals surface area contributed by atoms with Gasteiger partial charge in [0.15, 0.2) is 5.96 Å². The van der Waals surface area contributed by atoms with Crippen molar-refractivity contribution in [2.75, 3.05) is 13.1 Å². The van der Waals surface area contributed by atoms with E-state index < -0.39 is 53.8 Å². The van der Waals surface area contributed by atoms with Gasteiger partial charge in [-0.2, -0.15) is 0 Å². The van der Waals surface area contributed by atoms with E-state index in [-0.39, 0.29) is 56.8 Å². The van der Waals surface area contributed by atoms with Gasteiger partial charge in [-0.1, -0.05) is 12.1 Å². The number of rotatable bonds is 20. The maximum absolute atomic E-state index is 13.4. The summed E-state index contributed by atoms with van der Waals surface area (Å²) in [7, 11) is 0. The highest BCUT2D eigenvalue weighted by Gasteiger charge is 2.30. The smallest absolute Gasteiger partial charge is 0.326 e. The number of phenolic OH excluding ortho intramolecular Hbond substituents is 1. The van der Waals surface area contributed by atoms with Gasteiger partial charge in [-0.3, -0.25) is 24.2 Å². The van der Waals surface area contributed by atoms with Crippen LogP contribution in [-0.2, 0) is 30.4 Å². The van der Waals surface area contributed by atoms with Gasteiger partial charge >= 0.3 is 11.9 Å². The molecule has 0 heterocycles. The summed E-state index contributed by atoms with van der Waals surface area (Å²) in [5, 5.41) is 35.6. The first kappa shape index (κ1) is 35.6. The van der Waals surface area contributed by atoms with Gasteiger partial charge in [-0.05, 0) is 62.8 Å². The highest BCUT2D eigenvalue weighted by Crippen LogP contribution is 2.13. The number of nitrogens with zero attached hydrogens (tertiary/aromatic N) is 1. The molecule has 1 rings (SSSR count). The molecule has 0 fully saturated rings. The molecule has 16 heteroatoms. The van der Waals surface area contributed by atoms with Gasteiger partial charge in [-0.15, -0.1) is 0 Å². The average molecular weight is 595 g/mol. The van der Waals surface area contributed by atoms with E-state index in [0.717, 1.165) is 0 Å². The van der Waals surface area contributed by atoms with E-state index >= 15 is 0 Å². The van der Waals surface area contributed by atoms with Crippen molar-refractivity contribution in [3.63, 3.8) is 0 Å². The van der Waals surface area contributed by atoms with Crippen LogP contribution in [-0.4, -0.2) is 88.2 Å². The number of unbranched alkanes of at least 4 members (excludes halogenated alkanes) is 1. The fraction of sp³-hybridized carbons (Fsp3) is 0.538. The number of carbonyl (C=O) groups is 5. The lowest BCUT2D eigenvalue weighted by Gasteiger charge is -2.25. The summed E-state index contributed by atoms with van der Waals surface area (Å²) < 4.78 is 0. The SMILES string of the molecule is NCCCCC(NC(=O)C(Cc1ccc(O)cc1)NC(=O)C(CCCN=C(N)N)NC(=O)C(N)CCC(=O)O)C(=O)O. The standard InChI is InChI=1S/C26H42N8O8/c27-12-2-1-4-19(25(41)42)33-24(40)20(14-15-6-8-16(35)9-7-15)34-23(39)18(5-3-13-31-26(29)30)32-22(38)17(28)10-11-21(36)37/h6-9,17-20,35H,1-5,10-14,27-28H2,(H,32,38)(H,33,40)(H,34,39)(H,36,37)(H,41,42)(H4,29,30,31). The Labute approximate surface area is 243 Å². The Bertz CT molecular complexity index is 1080. The predicted molar refractivity (Wildman–Crippen MR) is 153 cm³/mol. The van der Waals surface area contributed by atoms with Crippen molar-refractivity contribution < 1.29 is 39.3 Å². The minimum absolute atomic E-state index is 0.0163. The summed E-state index contributed by atoms with van der Waals surface area (Å²) in [6.07, 6.45) is 0.812. The number of aromatic hydroxyl groups is 1. The van der Waals surface area contributed by atoms with Crippen molar-refractivity contribution in [2.45, 2.75) is 75.5 Å². The molecule has 234 valence electrons. The van der Waals surface area contributed by atoms with Crippen molar-refractivity contribution in [1.82, 2.24) is 16.0 Å². The number of hydrogen-bond donors (Lipinski definition) is 10. The Hall–Kier alpha value is -4.44. The van der Waals surface area contributed by atoms with Crippen LogP contribution in [0.2, 0.25) is 0 Å². The first-order chi connectivity index (χ1) is 19.8. The lowest BCUT2D eigenvalue weighted by Crippen LogP contribution is -2.57. The van der Waals surface area contributed by atoms with E-state index in [2.05, 4.69) is 20.9 Å². The molecule has 0 saturated carbocycles. The van der Waals surface area contributed by atoms with Gasteiger partial charge in [0.05, 0.1) is 6.04 Å². The van der Waals surface area contributed by atoms with Gasteiger partial charge in [0.1, 0.15) is 23.9 Å². The molecular formula is C26H42N8O8. The lowest BCUT2D eigenvalue weighted by atomic mass is 10.0. The molecule has 0 bridgehead atoms. The molecule has 1 aromatic rings. The van der Waals surface area contributed by atoms with E-state index in [1.807, 2.05) is 0 Å². The molecule has 0 spiro atoms. The zero-order valence-electron chi connectivity index (χ0n) is 23.3. The minimum Gasteiger partial charge on any atom is -0.508 e. The first-order valence-corrected chi connectivity index (χ1v) is 13.5. The van der Waals surface area contributed by atoms with Crippen LogP contribution >= 0.6 is 0 Å². The van der Waals surface area contributed by atoms with Crippen LogP contribution in [0.4, 0.5) is 0 Å². The number of aliphatic carboxylic acids is 2. The van der Waals surface area contributed by atoms with Crippen LogP contribution in [0.3, 0.4) is 0 Å². The quantitative estimate of drug-likeness (QED) is 0.0439. The third-order valence-corrected chi connectivity index (χ3v) is 6.15. The molecule has 4 atom stereocenters. The summed E-state index contributed by atoms with van der Waals surface area (Å²) in [4.78, 5) is 65.8. The molecule has 1 aromatic carbocycles. The number of benzene rings is 1. The molecule has 0 saturated heterocycles. The topological polar surface area (TPSA) is 299 Å². The number of amides is 3. The minimum atomic E-state index is -1.27. The second-order valence-electron chi connectivity index (χ2n) is 9.66. The number of nitrogens with two attached hydrogens (primary N) is 4. The Balaban J connectivity index is 3.17. The molecule has 3 amide bonds. The van der Waals surface area contributed by atoms with Crippen LogP contribution in [0, 0.1) is 0 Å². The molecule has 0 aliphatic rings. The molecule has 0 radical (unpaired) electrons.